The summed E-state index contributed by atoms with van der Waals surface area (Å²) in [6.07, 6.45) is 3.84. The number of morpholine rings is 1. The molecule has 0 amide bonds. The fourth-order valence-electron chi connectivity index (χ4n) is 5.05. The van der Waals surface area contributed by atoms with Crippen molar-refractivity contribution in [2.45, 2.75) is 50.3 Å². The number of fused-ring (bicyclic) bond motifs is 1. The lowest BCUT2D eigenvalue weighted by Gasteiger charge is -2.49. The number of ether oxygens (including phenoxy) is 1. The molecule has 31 heavy (non-hydrogen) atoms. The number of carbonyl (C=O) groups is 1. The zero-order chi connectivity index (χ0) is 22.3. The average molecular weight is 446 g/mol. The lowest BCUT2D eigenvalue weighted by atomic mass is 9.68. The number of ketones is 1. The van der Waals surface area contributed by atoms with Gasteiger partial charge < -0.3 is 4.74 Å². The number of hydrogen-bond acceptors (Lipinski definition) is 5. The van der Waals surface area contributed by atoms with Gasteiger partial charge in [0.25, 0.3) is 0 Å². The van der Waals surface area contributed by atoms with E-state index in [1.807, 2.05) is 34.6 Å². The minimum atomic E-state index is -3.09. The van der Waals surface area contributed by atoms with Crippen LogP contribution in [0.4, 0.5) is 0 Å². The standard InChI is InChI=1S/C24H35N3O3S/c1-23(2,3)19-4-6-22(7-5-19)31(25,29)27-11-9-20-16-21(28)8-10-24(20,18-27)17-26-12-14-30-15-13-26/h4-7,16,25H,8-15,17-18H2,1-3H3/t24-,31?/m0/s1. The van der Waals surface area contributed by atoms with E-state index in [1.165, 1.54) is 11.1 Å². The predicted molar refractivity (Wildman–Crippen MR) is 122 cm³/mol. The second-order valence-corrected chi connectivity index (χ2v) is 12.3. The number of benzene rings is 1. The van der Waals surface area contributed by atoms with Gasteiger partial charge in [-0.2, -0.15) is 0 Å². The Balaban J connectivity index is 1.61. The van der Waals surface area contributed by atoms with E-state index in [0.717, 1.165) is 39.3 Å². The zero-order valence-electron chi connectivity index (χ0n) is 19.0. The smallest absolute Gasteiger partial charge is 0.155 e. The van der Waals surface area contributed by atoms with Crippen LogP contribution in [0.25, 0.3) is 0 Å². The summed E-state index contributed by atoms with van der Waals surface area (Å²) in [4.78, 5) is 15.1. The Morgan fingerprint density at radius 1 is 1.10 bits per heavy atom. The Morgan fingerprint density at radius 3 is 2.42 bits per heavy atom. The highest BCUT2D eigenvalue weighted by Crippen LogP contribution is 2.44. The summed E-state index contributed by atoms with van der Waals surface area (Å²) >= 11 is 0. The zero-order valence-corrected chi connectivity index (χ0v) is 19.8. The monoisotopic (exact) mass is 445 g/mol. The van der Waals surface area contributed by atoms with Crippen molar-refractivity contribution in [1.82, 2.24) is 9.21 Å². The van der Waals surface area contributed by atoms with Crippen molar-refractivity contribution in [3.8, 4) is 0 Å². The maximum absolute atomic E-state index is 13.7. The number of nitrogens with one attached hydrogen (secondary N) is 1. The molecule has 3 aliphatic rings. The normalized spacial score (nSPS) is 28.0. The van der Waals surface area contributed by atoms with E-state index in [2.05, 4.69) is 25.7 Å². The van der Waals surface area contributed by atoms with Crippen LogP contribution in [0.1, 0.15) is 45.6 Å². The third-order valence-electron chi connectivity index (χ3n) is 7.01. The molecule has 7 heteroatoms. The molecule has 0 saturated carbocycles. The van der Waals surface area contributed by atoms with Crippen LogP contribution in [0.15, 0.2) is 40.8 Å². The minimum absolute atomic E-state index is 0.0170. The van der Waals surface area contributed by atoms with Gasteiger partial charge in [-0.15, -0.1) is 0 Å². The first-order valence-corrected chi connectivity index (χ1v) is 12.8. The molecule has 2 fully saturated rings. The molecular weight excluding hydrogens is 410 g/mol. The number of hydrogen-bond donors (Lipinski definition) is 1. The highest BCUT2D eigenvalue weighted by Gasteiger charge is 2.45. The van der Waals surface area contributed by atoms with Crippen LogP contribution >= 0.6 is 0 Å². The minimum Gasteiger partial charge on any atom is -0.379 e. The molecule has 6 nitrogen and oxygen atoms in total. The molecule has 1 aromatic carbocycles. The summed E-state index contributed by atoms with van der Waals surface area (Å²) in [6.45, 7) is 11.6. The Labute approximate surface area is 186 Å². The van der Waals surface area contributed by atoms with Crippen molar-refractivity contribution >= 4 is 15.7 Å². The summed E-state index contributed by atoms with van der Waals surface area (Å²) in [7, 11) is -3.09. The highest BCUT2D eigenvalue weighted by atomic mass is 32.2. The van der Waals surface area contributed by atoms with E-state index >= 15 is 0 Å². The van der Waals surface area contributed by atoms with Crippen LogP contribution in [-0.2, 0) is 24.9 Å². The van der Waals surface area contributed by atoms with Gasteiger partial charge >= 0.3 is 0 Å². The van der Waals surface area contributed by atoms with Gasteiger partial charge in [0.15, 0.2) is 5.78 Å². The second-order valence-electron chi connectivity index (χ2n) is 10.2. The van der Waals surface area contributed by atoms with Gasteiger partial charge in [0.05, 0.1) is 18.1 Å². The molecule has 2 atom stereocenters. The van der Waals surface area contributed by atoms with E-state index in [9.17, 15) is 9.00 Å². The Hall–Kier alpha value is -1.54. The molecule has 1 N–H and O–H groups in total. The lowest BCUT2D eigenvalue weighted by Crippen LogP contribution is -2.54. The van der Waals surface area contributed by atoms with Gasteiger partial charge in [-0.1, -0.05) is 38.5 Å². The molecule has 2 heterocycles. The maximum Gasteiger partial charge on any atom is 0.155 e. The number of rotatable bonds is 4. The van der Waals surface area contributed by atoms with E-state index in [0.29, 0.717) is 30.8 Å². The first-order chi connectivity index (χ1) is 14.6. The average Bonchev–Trinajstić information content (AvgIpc) is 2.74. The van der Waals surface area contributed by atoms with Crippen LogP contribution in [0.5, 0.6) is 0 Å². The summed E-state index contributed by atoms with van der Waals surface area (Å²) in [6, 6.07) is 7.73. The van der Waals surface area contributed by atoms with Crippen LogP contribution in [0.2, 0.25) is 0 Å². The first kappa shape index (κ1) is 22.6. The van der Waals surface area contributed by atoms with Crippen molar-refractivity contribution in [3.63, 3.8) is 0 Å². The molecule has 0 radical (unpaired) electrons. The number of nitrogens with zero attached hydrogens (tertiary/aromatic N) is 2. The molecule has 0 bridgehead atoms. The van der Waals surface area contributed by atoms with Gasteiger partial charge in [0.1, 0.15) is 9.92 Å². The van der Waals surface area contributed by atoms with Crippen molar-refractivity contribution in [2.75, 3.05) is 45.9 Å². The van der Waals surface area contributed by atoms with E-state index in [-0.39, 0.29) is 16.6 Å². The van der Waals surface area contributed by atoms with E-state index < -0.39 is 9.92 Å². The molecule has 170 valence electrons. The summed E-state index contributed by atoms with van der Waals surface area (Å²) in [5.41, 5.74) is 2.16. The van der Waals surface area contributed by atoms with Gasteiger partial charge in [0.2, 0.25) is 0 Å². The van der Waals surface area contributed by atoms with Gasteiger partial charge in [-0.25, -0.2) is 13.3 Å². The highest BCUT2D eigenvalue weighted by molar-refractivity contribution is 7.90. The number of carbonyl (C=O) groups excluding carboxylic acids is 1. The lowest BCUT2D eigenvalue weighted by molar-refractivity contribution is -0.116. The van der Waals surface area contributed by atoms with E-state index in [4.69, 9.17) is 9.52 Å². The van der Waals surface area contributed by atoms with Crippen LogP contribution in [-0.4, -0.2) is 65.1 Å². The van der Waals surface area contributed by atoms with Crippen molar-refractivity contribution in [3.05, 3.63) is 41.5 Å². The summed E-state index contributed by atoms with van der Waals surface area (Å²) in [5.74, 6) is 0.199. The summed E-state index contributed by atoms with van der Waals surface area (Å²) < 4.78 is 30.0. The van der Waals surface area contributed by atoms with Crippen molar-refractivity contribution < 1.29 is 13.7 Å². The van der Waals surface area contributed by atoms with Crippen molar-refractivity contribution in [1.29, 1.82) is 4.78 Å². The molecule has 2 aliphatic heterocycles. The number of piperidine rings is 1. The number of allylic oxidation sites excluding steroid dienone is 1. The third-order valence-corrected chi connectivity index (χ3v) is 8.96. The fraction of sp³-hybridized carbons (Fsp3) is 0.625. The van der Waals surface area contributed by atoms with Gasteiger partial charge in [-0.05, 0) is 42.0 Å². The summed E-state index contributed by atoms with van der Waals surface area (Å²) in [5, 5.41) is 0. The van der Waals surface area contributed by atoms with E-state index in [1.54, 1.807) is 0 Å². The maximum atomic E-state index is 13.7. The Bertz CT molecular complexity index is 957. The van der Waals surface area contributed by atoms with Crippen LogP contribution in [0.3, 0.4) is 0 Å². The quantitative estimate of drug-likeness (QED) is 0.768. The molecule has 1 aromatic rings. The molecule has 4 rings (SSSR count). The third kappa shape index (κ3) is 4.65. The first-order valence-electron chi connectivity index (χ1n) is 11.3. The van der Waals surface area contributed by atoms with Crippen LogP contribution < -0.4 is 0 Å². The predicted octanol–water partition coefficient (Wildman–Crippen LogP) is 3.62. The fourth-order valence-corrected chi connectivity index (χ4v) is 6.63. The molecular formula is C24H35N3O3S. The topological polar surface area (TPSA) is 73.7 Å². The Morgan fingerprint density at radius 2 is 1.77 bits per heavy atom. The molecule has 1 unspecified atom stereocenters. The van der Waals surface area contributed by atoms with Crippen molar-refractivity contribution in [2.24, 2.45) is 5.41 Å². The second kappa shape index (κ2) is 8.43. The SMILES string of the molecule is CC(C)(C)c1ccc(S(=N)(=O)N2CCC3=CC(=O)CC[C@]3(CN3CCOCC3)C2)cc1. The van der Waals surface area contributed by atoms with Gasteiger partial charge in [0, 0.05) is 44.6 Å². The molecule has 2 saturated heterocycles. The Kier molecular flexibility index (Phi) is 6.16. The molecule has 1 aliphatic carbocycles. The van der Waals surface area contributed by atoms with Gasteiger partial charge in [-0.3, -0.25) is 9.69 Å². The largest absolute Gasteiger partial charge is 0.379 e. The van der Waals surface area contributed by atoms with Crippen LogP contribution in [0, 0.1) is 10.2 Å². The molecule has 0 aromatic heterocycles. The molecule has 0 spiro atoms.